The molecule has 1 aromatic heterocycles. The van der Waals surface area contributed by atoms with Crippen molar-refractivity contribution < 1.29 is 12.8 Å². The molecule has 0 radical (unpaired) electrons. The summed E-state index contributed by atoms with van der Waals surface area (Å²) in [5.41, 5.74) is 0.627. The number of halogens is 2. The highest BCUT2D eigenvalue weighted by Crippen LogP contribution is 2.26. The molecule has 0 fully saturated rings. The molecule has 6 nitrogen and oxygen atoms in total. The maximum atomic E-state index is 12.2. The van der Waals surface area contributed by atoms with Gasteiger partial charge in [-0.15, -0.1) is 10.2 Å². The minimum atomic E-state index is -3.65. The van der Waals surface area contributed by atoms with Crippen molar-refractivity contribution >= 4 is 33.2 Å². The van der Waals surface area contributed by atoms with Crippen LogP contribution in [0, 0.1) is 0 Å². The Morgan fingerprint density at radius 2 is 1.84 bits per heavy atom. The Hall–Kier alpha value is -1.93. The second-order valence-electron chi connectivity index (χ2n) is 5.09. The molecule has 0 aliphatic carbocycles. The number of hydrogen-bond acceptors (Lipinski definition) is 5. The summed E-state index contributed by atoms with van der Waals surface area (Å²) < 4.78 is 32.4. The number of nitrogens with one attached hydrogen (secondary N) is 1. The fourth-order valence-electron chi connectivity index (χ4n) is 2.11. The second kappa shape index (κ2) is 7.53. The normalized spacial score (nSPS) is 11.6. The Morgan fingerprint density at radius 1 is 1.04 bits per heavy atom. The number of hydrogen-bond donors (Lipinski definition) is 1. The molecule has 1 heterocycles. The quantitative estimate of drug-likeness (QED) is 0.686. The van der Waals surface area contributed by atoms with E-state index in [0.29, 0.717) is 27.4 Å². The molecule has 0 spiro atoms. The summed E-state index contributed by atoms with van der Waals surface area (Å²) in [6.45, 7) is 0.110. The Labute approximate surface area is 154 Å². The van der Waals surface area contributed by atoms with Gasteiger partial charge in [0.25, 0.3) is 0 Å². The van der Waals surface area contributed by atoms with Gasteiger partial charge >= 0.3 is 0 Å². The third-order valence-electron chi connectivity index (χ3n) is 3.31. The average Bonchev–Trinajstić information content (AvgIpc) is 3.04. The van der Waals surface area contributed by atoms with Gasteiger partial charge in [0.1, 0.15) is 0 Å². The van der Waals surface area contributed by atoms with Crippen molar-refractivity contribution in [2.75, 3.05) is 6.54 Å². The van der Waals surface area contributed by atoms with Crippen molar-refractivity contribution in [2.24, 2.45) is 0 Å². The molecule has 0 atom stereocenters. The molecule has 0 unspecified atom stereocenters. The summed E-state index contributed by atoms with van der Waals surface area (Å²) >= 11 is 11.9. The fraction of sp³-hybridized carbons (Fsp3) is 0.125. The van der Waals surface area contributed by atoms with Crippen LogP contribution in [0.25, 0.3) is 11.5 Å². The molecule has 1 N–H and O–H groups in total. The van der Waals surface area contributed by atoms with Crippen molar-refractivity contribution in [1.82, 2.24) is 14.9 Å². The largest absolute Gasteiger partial charge is 0.421 e. The van der Waals surface area contributed by atoms with Crippen LogP contribution in [-0.2, 0) is 16.4 Å². The van der Waals surface area contributed by atoms with Gasteiger partial charge in [-0.3, -0.25) is 0 Å². The molecule has 3 aromatic rings. The summed E-state index contributed by atoms with van der Waals surface area (Å²) in [6, 6.07) is 13.1. The first kappa shape index (κ1) is 17.9. The summed E-state index contributed by atoms with van der Waals surface area (Å²) in [5, 5.41) is 8.70. The van der Waals surface area contributed by atoms with E-state index in [2.05, 4.69) is 14.9 Å². The molecular weight excluding hydrogens is 385 g/mol. The van der Waals surface area contributed by atoms with Crippen LogP contribution in [0.1, 0.15) is 5.89 Å². The number of rotatable bonds is 6. The van der Waals surface area contributed by atoms with E-state index in [1.807, 2.05) is 6.07 Å². The Kier molecular flexibility index (Phi) is 5.39. The van der Waals surface area contributed by atoms with E-state index in [1.165, 1.54) is 12.1 Å². The van der Waals surface area contributed by atoms with Gasteiger partial charge in [-0.1, -0.05) is 41.4 Å². The Bertz CT molecular complexity index is 990. The van der Waals surface area contributed by atoms with Crippen molar-refractivity contribution in [1.29, 1.82) is 0 Å². The van der Waals surface area contributed by atoms with Crippen LogP contribution in [0.15, 0.2) is 57.8 Å². The van der Waals surface area contributed by atoms with Crippen LogP contribution in [0.2, 0.25) is 10.0 Å². The van der Waals surface area contributed by atoms with Gasteiger partial charge in [0, 0.05) is 18.0 Å². The summed E-state index contributed by atoms with van der Waals surface area (Å²) in [5.74, 6) is 0.599. The van der Waals surface area contributed by atoms with Crippen LogP contribution in [0.3, 0.4) is 0 Å². The van der Waals surface area contributed by atoms with Crippen LogP contribution >= 0.6 is 23.2 Å². The molecule has 9 heteroatoms. The van der Waals surface area contributed by atoms with Crippen molar-refractivity contribution in [3.63, 3.8) is 0 Å². The lowest BCUT2D eigenvalue weighted by Crippen LogP contribution is -2.26. The molecule has 3 rings (SSSR count). The summed E-state index contributed by atoms with van der Waals surface area (Å²) in [7, 11) is -3.65. The lowest BCUT2D eigenvalue weighted by Gasteiger charge is -2.05. The molecular formula is C16H13Cl2N3O3S. The average molecular weight is 398 g/mol. The third kappa shape index (κ3) is 4.38. The number of sulfonamides is 1. The molecule has 0 aliphatic rings. The van der Waals surface area contributed by atoms with Gasteiger partial charge in [-0.2, -0.15) is 0 Å². The fourth-order valence-corrected chi connectivity index (χ4v) is 3.66. The van der Waals surface area contributed by atoms with Crippen LogP contribution in [-0.4, -0.2) is 25.2 Å². The molecule has 25 heavy (non-hydrogen) atoms. The first-order valence-corrected chi connectivity index (χ1v) is 9.52. The standard InChI is InChI=1S/C16H13Cl2N3O3S/c17-11-4-3-5-12(10-11)25(22,23)19-9-8-15-20-21-16(24-15)13-6-1-2-7-14(13)18/h1-7,10,19H,8-9H2. The van der Waals surface area contributed by atoms with E-state index >= 15 is 0 Å². The second-order valence-corrected chi connectivity index (χ2v) is 7.70. The minimum absolute atomic E-state index is 0.0993. The maximum Gasteiger partial charge on any atom is 0.249 e. The lowest BCUT2D eigenvalue weighted by molar-refractivity contribution is 0.502. The molecule has 0 saturated carbocycles. The van der Waals surface area contributed by atoms with Crippen molar-refractivity contribution in [3.05, 3.63) is 64.5 Å². The first-order chi connectivity index (χ1) is 12.0. The maximum absolute atomic E-state index is 12.2. The first-order valence-electron chi connectivity index (χ1n) is 7.28. The van der Waals surface area contributed by atoms with Crippen LogP contribution in [0.4, 0.5) is 0 Å². The SMILES string of the molecule is O=S(=O)(NCCc1nnc(-c2ccccc2Cl)o1)c1cccc(Cl)c1. The van der Waals surface area contributed by atoms with Crippen molar-refractivity contribution in [2.45, 2.75) is 11.3 Å². The van der Waals surface area contributed by atoms with Gasteiger partial charge in [-0.05, 0) is 30.3 Å². The van der Waals surface area contributed by atoms with Gasteiger partial charge in [-0.25, -0.2) is 13.1 Å². The number of aromatic nitrogens is 2. The van der Waals surface area contributed by atoms with E-state index in [9.17, 15) is 8.42 Å². The topological polar surface area (TPSA) is 85.1 Å². The van der Waals surface area contributed by atoms with E-state index < -0.39 is 10.0 Å². The highest BCUT2D eigenvalue weighted by atomic mass is 35.5. The number of nitrogens with zero attached hydrogens (tertiary/aromatic N) is 2. The summed E-state index contributed by atoms with van der Waals surface area (Å²) in [6.07, 6.45) is 0.247. The molecule has 0 bridgehead atoms. The van der Waals surface area contributed by atoms with Crippen LogP contribution < -0.4 is 4.72 Å². The summed E-state index contributed by atoms with van der Waals surface area (Å²) in [4.78, 5) is 0.0993. The molecule has 0 amide bonds. The van der Waals surface area contributed by atoms with E-state index in [1.54, 1.807) is 30.3 Å². The predicted octanol–water partition coefficient (Wildman–Crippen LogP) is 3.56. The molecule has 2 aromatic carbocycles. The van der Waals surface area contributed by atoms with Crippen molar-refractivity contribution in [3.8, 4) is 11.5 Å². The number of benzene rings is 2. The zero-order valence-corrected chi connectivity index (χ0v) is 15.1. The van der Waals surface area contributed by atoms with Gasteiger partial charge in [0.15, 0.2) is 0 Å². The zero-order valence-electron chi connectivity index (χ0n) is 12.8. The highest BCUT2D eigenvalue weighted by molar-refractivity contribution is 7.89. The van der Waals surface area contributed by atoms with Crippen LogP contribution in [0.5, 0.6) is 0 Å². The van der Waals surface area contributed by atoms with Gasteiger partial charge < -0.3 is 4.42 Å². The lowest BCUT2D eigenvalue weighted by atomic mass is 10.2. The molecule has 0 aliphatic heterocycles. The minimum Gasteiger partial charge on any atom is -0.421 e. The van der Waals surface area contributed by atoms with E-state index in [-0.39, 0.29) is 17.9 Å². The smallest absolute Gasteiger partial charge is 0.249 e. The monoisotopic (exact) mass is 397 g/mol. The van der Waals surface area contributed by atoms with Gasteiger partial charge in [0.05, 0.1) is 15.5 Å². The Morgan fingerprint density at radius 3 is 2.60 bits per heavy atom. The Balaban J connectivity index is 1.64. The molecule has 0 saturated heterocycles. The predicted molar refractivity (Wildman–Crippen MR) is 95.1 cm³/mol. The van der Waals surface area contributed by atoms with E-state index in [0.717, 1.165) is 0 Å². The molecule has 130 valence electrons. The van der Waals surface area contributed by atoms with Gasteiger partial charge in [0.2, 0.25) is 21.8 Å². The highest BCUT2D eigenvalue weighted by Gasteiger charge is 2.15. The third-order valence-corrected chi connectivity index (χ3v) is 5.33. The van der Waals surface area contributed by atoms with E-state index in [4.69, 9.17) is 27.6 Å². The zero-order chi connectivity index (χ0) is 17.9.